The summed E-state index contributed by atoms with van der Waals surface area (Å²) in [4.78, 5) is 21.4. The van der Waals surface area contributed by atoms with Crippen molar-refractivity contribution in [3.8, 4) is 22.8 Å². The number of pyridine rings is 1. The average Bonchev–Trinajstić information content (AvgIpc) is 3.27. The highest BCUT2D eigenvalue weighted by molar-refractivity contribution is 7.90. The van der Waals surface area contributed by atoms with Crippen LogP contribution in [0.1, 0.15) is 10.4 Å². The van der Waals surface area contributed by atoms with Crippen LogP contribution in [0.2, 0.25) is 0 Å². The molecule has 0 bridgehead atoms. The van der Waals surface area contributed by atoms with E-state index in [1.807, 2.05) is 18.2 Å². The summed E-state index contributed by atoms with van der Waals surface area (Å²) in [5, 5.41) is 5.02. The van der Waals surface area contributed by atoms with Crippen LogP contribution in [0.15, 0.2) is 83.3 Å². The Kier molecular flexibility index (Phi) is 5.79. The lowest BCUT2D eigenvalue weighted by Crippen LogP contribution is -2.12. The molecule has 31 heavy (non-hydrogen) atoms. The quantitative estimate of drug-likeness (QED) is 0.458. The van der Waals surface area contributed by atoms with Crippen molar-refractivity contribution in [3.05, 3.63) is 84.0 Å². The molecule has 156 valence electrons. The SMILES string of the molecule is CS(=O)(=O)c1ccc(Oc2cc(C(=O)Nc3nccs3)cc(-c3ccccn3)c2)cc1. The molecule has 1 amide bonds. The number of hydrogen-bond acceptors (Lipinski definition) is 7. The number of carbonyl (C=O) groups is 1. The lowest BCUT2D eigenvalue weighted by molar-refractivity contribution is 0.102. The minimum Gasteiger partial charge on any atom is -0.457 e. The van der Waals surface area contributed by atoms with Crippen molar-refractivity contribution in [2.75, 3.05) is 11.6 Å². The summed E-state index contributed by atoms with van der Waals surface area (Å²) in [6, 6.07) is 16.7. The van der Waals surface area contributed by atoms with E-state index in [1.165, 1.54) is 23.5 Å². The molecule has 2 heterocycles. The number of anilines is 1. The molecule has 9 heteroatoms. The molecule has 0 radical (unpaired) electrons. The van der Waals surface area contributed by atoms with Gasteiger partial charge in [-0.1, -0.05) is 6.07 Å². The number of nitrogens with one attached hydrogen (secondary N) is 1. The molecule has 0 saturated heterocycles. The fourth-order valence-electron chi connectivity index (χ4n) is 2.82. The Morgan fingerprint density at radius 2 is 1.77 bits per heavy atom. The van der Waals surface area contributed by atoms with Crippen LogP contribution in [-0.4, -0.2) is 30.5 Å². The van der Waals surface area contributed by atoms with E-state index in [2.05, 4.69) is 15.3 Å². The smallest absolute Gasteiger partial charge is 0.257 e. The van der Waals surface area contributed by atoms with E-state index in [0.717, 1.165) is 6.26 Å². The van der Waals surface area contributed by atoms with Gasteiger partial charge < -0.3 is 4.74 Å². The third-order valence-electron chi connectivity index (χ3n) is 4.27. The van der Waals surface area contributed by atoms with Crippen LogP contribution in [0.3, 0.4) is 0 Å². The van der Waals surface area contributed by atoms with E-state index in [-0.39, 0.29) is 10.8 Å². The number of aromatic nitrogens is 2. The van der Waals surface area contributed by atoms with Gasteiger partial charge in [0.05, 0.1) is 10.6 Å². The zero-order chi connectivity index (χ0) is 21.8. The summed E-state index contributed by atoms with van der Waals surface area (Å²) in [6.07, 6.45) is 4.42. The maximum atomic E-state index is 12.8. The van der Waals surface area contributed by atoms with Gasteiger partial charge in [-0.05, 0) is 54.6 Å². The molecular weight excluding hydrogens is 434 g/mol. The number of amides is 1. The Balaban J connectivity index is 1.68. The summed E-state index contributed by atoms with van der Waals surface area (Å²) >= 11 is 1.32. The van der Waals surface area contributed by atoms with Crippen molar-refractivity contribution in [2.45, 2.75) is 4.90 Å². The topological polar surface area (TPSA) is 98.2 Å². The van der Waals surface area contributed by atoms with Crippen LogP contribution >= 0.6 is 11.3 Å². The highest BCUT2D eigenvalue weighted by Crippen LogP contribution is 2.29. The molecule has 0 aliphatic heterocycles. The third-order valence-corrected chi connectivity index (χ3v) is 6.09. The average molecular weight is 452 g/mol. The zero-order valence-electron chi connectivity index (χ0n) is 16.3. The largest absolute Gasteiger partial charge is 0.457 e. The van der Waals surface area contributed by atoms with E-state index < -0.39 is 9.84 Å². The molecule has 4 rings (SSSR count). The van der Waals surface area contributed by atoms with E-state index in [1.54, 1.807) is 48.1 Å². The standard InChI is InChI=1S/C22H17N3O4S2/c1-31(27,28)19-7-5-17(6-8-19)29-18-13-15(20-4-2-3-9-23-20)12-16(14-18)21(26)25-22-24-10-11-30-22/h2-14H,1H3,(H,24,25,26). The summed E-state index contributed by atoms with van der Waals surface area (Å²) in [7, 11) is -3.30. The normalized spacial score (nSPS) is 11.1. The minimum absolute atomic E-state index is 0.200. The predicted octanol–water partition coefficient (Wildman–Crippen LogP) is 4.65. The Morgan fingerprint density at radius 3 is 2.42 bits per heavy atom. The maximum Gasteiger partial charge on any atom is 0.257 e. The third kappa shape index (κ3) is 5.14. The molecule has 1 N–H and O–H groups in total. The van der Waals surface area contributed by atoms with Gasteiger partial charge in [-0.3, -0.25) is 15.1 Å². The Morgan fingerprint density at radius 1 is 0.968 bits per heavy atom. The predicted molar refractivity (Wildman–Crippen MR) is 119 cm³/mol. The summed E-state index contributed by atoms with van der Waals surface area (Å²) in [5.74, 6) is 0.529. The second-order valence-electron chi connectivity index (χ2n) is 6.60. The Bertz CT molecular complexity index is 1300. The van der Waals surface area contributed by atoms with Gasteiger partial charge in [-0.2, -0.15) is 0 Å². The number of carbonyl (C=O) groups excluding carboxylic acids is 1. The molecule has 0 unspecified atom stereocenters. The first-order chi connectivity index (χ1) is 14.9. The second kappa shape index (κ2) is 8.66. The monoisotopic (exact) mass is 451 g/mol. The molecule has 0 saturated carbocycles. The number of nitrogens with zero attached hydrogens (tertiary/aromatic N) is 2. The molecule has 2 aromatic heterocycles. The van der Waals surface area contributed by atoms with Gasteiger partial charge in [0.25, 0.3) is 5.91 Å². The highest BCUT2D eigenvalue weighted by Gasteiger charge is 2.14. The van der Waals surface area contributed by atoms with Crippen LogP contribution in [0, 0.1) is 0 Å². The number of rotatable bonds is 6. The minimum atomic E-state index is -3.30. The van der Waals surface area contributed by atoms with Crippen molar-refractivity contribution in [1.82, 2.24) is 9.97 Å². The Labute approximate surface area is 183 Å². The van der Waals surface area contributed by atoms with Gasteiger partial charge in [0, 0.05) is 35.2 Å². The van der Waals surface area contributed by atoms with E-state index in [9.17, 15) is 13.2 Å². The first-order valence-corrected chi connectivity index (χ1v) is 11.9. The van der Waals surface area contributed by atoms with Crippen LogP contribution in [0.5, 0.6) is 11.5 Å². The molecule has 0 atom stereocenters. The van der Waals surface area contributed by atoms with Crippen LogP contribution in [0.25, 0.3) is 11.3 Å². The van der Waals surface area contributed by atoms with Crippen molar-refractivity contribution in [1.29, 1.82) is 0 Å². The molecular formula is C22H17N3O4S2. The summed E-state index contributed by atoms with van der Waals surface area (Å²) in [5.41, 5.74) is 1.76. The van der Waals surface area contributed by atoms with E-state index >= 15 is 0 Å². The fraction of sp³-hybridized carbons (Fsp3) is 0.0455. The molecule has 2 aromatic carbocycles. The van der Waals surface area contributed by atoms with Gasteiger partial charge in [0.2, 0.25) is 0 Å². The lowest BCUT2D eigenvalue weighted by atomic mass is 10.1. The number of thiazole rings is 1. The first kappa shape index (κ1) is 20.7. The molecule has 0 spiro atoms. The zero-order valence-corrected chi connectivity index (χ0v) is 18.0. The number of hydrogen-bond donors (Lipinski definition) is 1. The molecule has 4 aromatic rings. The van der Waals surface area contributed by atoms with Crippen LogP contribution in [0.4, 0.5) is 5.13 Å². The lowest BCUT2D eigenvalue weighted by Gasteiger charge is -2.11. The molecule has 7 nitrogen and oxygen atoms in total. The fourth-order valence-corrected chi connectivity index (χ4v) is 3.97. The summed E-state index contributed by atoms with van der Waals surface area (Å²) in [6.45, 7) is 0. The highest BCUT2D eigenvalue weighted by atomic mass is 32.2. The van der Waals surface area contributed by atoms with Crippen LogP contribution in [-0.2, 0) is 9.84 Å². The van der Waals surface area contributed by atoms with Crippen molar-refractivity contribution < 1.29 is 17.9 Å². The Hall–Kier alpha value is -3.56. The second-order valence-corrected chi connectivity index (χ2v) is 9.51. The van der Waals surface area contributed by atoms with Crippen molar-refractivity contribution in [2.24, 2.45) is 0 Å². The maximum absolute atomic E-state index is 12.8. The van der Waals surface area contributed by atoms with Gasteiger partial charge in [0.15, 0.2) is 15.0 Å². The van der Waals surface area contributed by atoms with E-state index in [0.29, 0.717) is 33.5 Å². The van der Waals surface area contributed by atoms with Crippen molar-refractivity contribution in [3.63, 3.8) is 0 Å². The van der Waals surface area contributed by atoms with Gasteiger partial charge >= 0.3 is 0 Å². The van der Waals surface area contributed by atoms with Gasteiger partial charge in [-0.15, -0.1) is 11.3 Å². The molecule has 0 aliphatic rings. The first-order valence-electron chi connectivity index (χ1n) is 9.14. The number of benzene rings is 2. The summed E-state index contributed by atoms with van der Waals surface area (Å²) < 4.78 is 29.2. The number of sulfone groups is 1. The number of ether oxygens (including phenoxy) is 1. The van der Waals surface area contributed by atoms with E-state index in [4.69, 9.17) is 4.74 Å². The van der Waals surface area contributed by atoms with Gasteiger partial charge in [-0.25, -0.2) is 13.4 Å². The van der Waals surface area contributed by atoms with Gasteiger partial charge in [0.1, 0.15) is 11.5 Å². The molecule has 0 fully saturated rings. The molecule has 0 aliphatic carbocycles. The van der Waals surface area contributed by atoms with Crippen molar-refractivity contribution >= 4 is 32.2 Å². The van der Waals surface area contributed by atoms with Crippen LogP contribution < -0.4 is 10.1 Å².